The molecule has 0 saturated carbocycles. The molecule has 2 aromatic rings. The number of benzene rings is 2. The van der Waals surface area contributed by atoms with Crippen molar-refractivity contribution in [2.45, 2.75) is 68.3 Å². The van der Waals surface area contributed by atoms with E-state index >= 15 is 0 Å². The Morgan fingerprint density at radius 2 is 1.53 bits per heavy atom. The summed E-state index contributed by atoms with van der Waals surface area (Å²) < 4.78 is 27.2. The molecule has 43 heavy (non-hydrogen) atoms. The van der Waals surface area contributed by atoms with E-state index in [-0.39, 0.29) is 17.2 Å². The molecule has 2 aliphatic rings. The van der Waals surface area contributed by atoms with E-state index in [1.807, 2.05) is 0 Å². The molecule has 2 saturated heterocycles. The Balaban J connectivity index is 1.55. The topological polar surface area (TPSA) is 245 Å². The summed E-state index contributed by atoms with van der Waals surface area (Å²) in [6.07, 6.45) is -13.3. The van der Waals surface area contributed by atoms with Gasteiger partial charge in [-0.1, -0.05) is 12.1 Å². The van der Waals surface area contributed by atoms with Gasteiger partial charge in [0.25, 0.3) is 0 Å². The van der Waals surface area contributed by atoms with Crippen molar-refractivity contribution in [3.8, 4) is 28.7 Å². The zero-order valence-corrected chi connectivity index (χ0v) is 23.0. The van der Waals surface area contributed by atoms with Gasteiger partial charge in [0.1, 0.15) is 59.4 Å². The molecule has 0 aliphatic carbocycles. The number of ketones is 1. The highest BCUT2D eigenvalue weighted by Crippen LogP contribution is 2.36. The second-order valence-corrected chi connectivity index (χ2v) is 10.1. The summed E-state index contributed by atoms with van der Waals surface area (Å²) in [7, 11) is 1.38. The van der Waals surface area contributed by atoms with Crippen LogP contribution in [0, 0.1) is 0 Å². The van der Waals surface area contributed by atoms with Crippen LogP contribution in [0.3, 0.4) is 0 Å². The molecule has 15 nitrogen and oxygen atoms in total. The zero-order chi connectivity index (χ0) is 31.6. The Kier molecular flexibility index (Phi) is 10.1. The number of methoxy groups -OCH3 is 1. The molecule has 2 fully saturated rings. The van der Waals surface area contributed by atoms with Crippen molar-refractivity contribution in [2.75, 3.05) is 13.7 Å². The van der Waals surface area contributed by atoms with Crippen LogP contribution in [0.15, 0.2) is 36.4 Å². The van der Waals surface area contributed by atoms with Gasteiger partial charge < -0.3 is 69.6 Å². The number of rotatable bonds is 9. The number of hydrogen-bond acceptors (Lipinski definition) is 15. The molecule has 236 valence electrons. The van der Waals surface area contributed by atoms with Crippen LogP contribution in [0.1, 0.15) is 22.8 Å². The maximum atomic E-state index is 12.8. The van der Waals surface area contributed by atoms with Gasteiger partial charge in [-0.05, 0) is 30.7 Å². The summed E-state index contributed by atoms with van der Waals surface area (Å²) >= 11 is 0. The van der Waals surface area contributed by atoms with Crippen molar-refractivity contribution in [1.29, 1.82) is 0 Å². The molecule has 0 spiro atoms. The summed E-state index contributed by atoms with van der Waals surface area (Å²) in [6, 6.07) is 6.30. The lowest BCUT2D eigenvalue weighted by atomic mass is 9.97. The predicted octanol–water partition coefficient (Wildman–Crippen LogP) is -1.26. The molecule has 0 radical (unpaired) electrons. The molecule has 0 aromatic heterocycles. The van der Waals surface area contributed by atoms with Crippen molar-refractivity contribution in [1.82, 2.24) is 0 Å². The van der Waals surface area contributed by atoms with Gasteiger partial charge in [-0.2, -0.15) is 0 Å². The third kappa shape index (κ3) is 6.85. The minimum atomic E-state index is -1.79. The SMILES string of the molecule is COc1ccc(/C=C/C(=O)c2c(O)cc(O[C@H]3O[C@@H](CO)[C@@H](O)[C@@H](O)[C@H]3O[C@@H]3O[C@H](C)[C@@H](O)[C@H](O)[C@@H]3O)cc2O)cc1O. The maximum absolute atomic E-state index is 12.8. The number of carbonyl (C=O) groups excluding carboxylic acids is 1. The van der Waals surface area contributed by atoms with Crippen LogP contribution in [-0.4, -0.2) is 127 Å². The van der Waals surface area contributed by atoms with Crippen LogP contribution < -0.4 is 9.47 Å². The van der Waals surface area contributed by atoms with Gasteiger partial charge in [-0.3, -0.25) is 4.79 Å². The van der Waals surface area contributed by atoms with Crippen LogP contribution >= 0.6 is 0 Å². The summed E-state index contributed by atoms with van der Waals surface area (Å²) in [5.74, 6) is -2.43. The summed E-state index contributed by atoms with van der Waals surface area (Å²) in [4.78, 5) is 12.8. The number of hydrogen-bond donors (Lipinski definition) is 9. The first kappa shape index (κ1) is 32.4. The smallest absolute Gasteiger partial charge is 0.229 e. The van der Waals surface area contributed by atoms with Crippen molar-refractivity contribution >= 4 is 11.9 Å². The van der Waals surface area contributed by atoms with Crippen LogP contribution in [0.5, 0.6) is 28.7 Å². The van der Waals surface area contributed by atoms with E-state index in [0.717, 1.165) is 18.2 Å². The fourth-order valence-corrected chi connectivity index (χ4v) is 4.68. The zero-order valence-electron chi connectivity index (χ0n) is 23.0. The van der Waals surface area contributed by atoms with Gasteiger partial charge in [-0.25, -0.2) is 0 Å². The van der Waals surface area contributed by atoms with Crippen LogP contribution in [-0.2, 0) is 14.2 Å². The molecule has 2 aromatic carbocycles. The standard InChI is InChI=1S/C28H34O15/c1-11-21(34)23(36)25(38)27(40-11)43-26-24(37)22(35)19(10-29)42-28(26)41-13-8-16(32)20(17(33)9-13)14(30)5-3-12-4-6-18(39-2)15(31)7-12/h3-9,11,19,21-29,31-38H,10H2,1-2H3/b5-3+/t11-,19+,21-,22-,23+,24-,25+,26-,27+,28+/m1/s1. The van der Waals surface area contributed by atoms with Crippen molar-refractivity contribution < 1.29 is 74.4 Å². The first-order chi connectivity index (χ1) is 20.4. The predicted molar refractivity (Wildman–Crippen MR) is 143 cm³/mol. The van der Waals surface area contributed by atoms with E-state index in [1.165, 1.54) is 32.2 Å². The lowest BCUT2D eigenvalue weighted by Gasteiger charge is -2.45. The van der Waals surface area contributed by atoms with Crippen LogP contribution in [0.4, 0.5) is 0 Å². The first-order valence-corrected chi connectivity index (χ1v) is 13.2. The van der Waals surface area contributed by atoms with E-state index < -0.39 is 90.9 Å². The highest BCUT2D eigenvalue weighted by molar-refractivity contribution is 6.10. The quantitative estimate of drug-likeness (QED) is 0.119. The second-order valence-electron chi connectivity index (χ2n) is 10.1. The number of carbonyl (C=O) groups is 1. The molecular weight excluding hydrogens is 576 g/mol. The number of phenols is 3. The number of ether oxygens (including phenoxy) is 5. The molecule has 4 rings (SSSR count). The van der Waals surface area contributed by atoms with Crippen LogP contribution in [0.2, 0.25) is 0 Å². The third-order valence-electron chi connectivity index (χ3n) is 7.12. The van der Waals surface area contributed by atoms with Gasteiger partial charge in [0.05, 0.1) is 19.8 Å². The van der Waals surface area contributed by atoms with Crippen molar-refractivity contribution in [3.63, 3.8) is 0 Å². The molecule has 0 bridgehead atoms. The fraction of sp³-hybridized carbons (Fsp3) is 0.464. The summed E-state index contributed by atoms with van der Waals surface area (Å²) in [6.45, 7) is 0.649. The first-order valence-electron chi connectivity index (χ1n) is 13.2. The maximum Gasteiger partial charge on any atom is 0.229 e. The Morgan fingerprint density at radius 3 is 2.14 bits per heavy atom. The minimum absolute atomic E-state index is 0.162. The van der Waals surface area contributed by atoms with E-state index in [1.54, 1.807) is 6.07 Å². The molecule has 9 N–H and O–H groups in total. The van der Waals surface area contributed by atoms with Gasteiger partial charge in [0.2, 0.25) is 6.29 Å². The van der Waals surface area contributed by atoms with E-state index in [4.69, 9.17) is 23.7 Å². The molecular formula is C28H34O15. The van der Waals surface area contributed by atoms with Gasteiger partial charge >= 0.3 is 0 Å². The highest BCUT2D eigenvalue weighted by atomic mass is 16.8. The highest BCUT2D eigenvalue weighted by Gasteiger charge is 2.51. The molecule has 0 unspecified atom stereocenters. The van der Waals surface area contributed by atoms with E-state index in [0.29, 0.717) is 5.56 Å². The number of aliphatic hydroxyl groups is 6. The van der Waals surface area contributed by atoms with E-state index in [2.05, 4.69) is 0 Å². The van der Waals surface area contributed by atoms with E-state index in [9.17, 15) is 50.8 Å². The minimum Gasteiger partial charge on any atom is -0.507 e. The van der Waals surface area contributed by atoms with Gasteiger partial charge in [-0.15, -0.1) is 0 Å². The Labute approximate surface area is 245 Å². The Hall–Kier alpha value is -3.51. The molecule has 2 heterocycles. The number of allylic oxidation sites excluding steroid dienone is 1. The monoisotopic (exact) mass is 610 g/mol. The largest absolute Gasteiger partial charge is 0.507 e. The Morgan fingerprint density at radius 1 is 0.860 bits per heavy atom. The lowest BCUT2D eigenvalue weighted by Crippen LogP contribution is -2.64. The van der Waals surface area contributed by atoms with Gasteiger partial charge in [0.15, 0.2) is 29.7 Å². The summed E-state index contributed by atoms with van der Waals surface area (Å²) in [5, 5.41) is 92.2. The molecule has 10 atom stereocenters. The molecule has 2 aliphatic heterocycles. The summed E-state index contributed by atoms with van der Waals surface area (Å²) in [5.41, 5.74) is -0.0589. The van der Waals surface area contributed by atoms with Crippen LogP contribution in [0.25, 0.3) is 6.08 Å². The fourth-order valence-electron chi connectivity index (χ4n) is 4.68. The van der Waals surface area contributed by atoms with Crippen molar-refractivity contribution in [3.05, 3.63) is 47.5 Å². The van der Waals surface area contributed by atoms with Crippen molar-refractivity contribution in [2.24, 2.45) is 0 Å². The second kappa shape index (κ2) is 13.4. The van der Waals surface area contributed by atoms with Gasteiger partial charge in [0, 0.05) is 12.1 Å². The number of phenolic OH excluding ortho intramolecular Hbond substituents is 3. The average Bonchev–Trinajstić information content (AvgIpc) is 2.96. The lowest BCUT2D eigenvalue weighted by molar-refractivity contribution is -0.354. The number of aromatic hydroxyl groups is 3. The molecule has 0 amide bonds. The third-order valence-corrected chi connectivity index (χ3v) is 7.12. The molecule has 15 heteroatoms. The normalized spacial score (nSPS) is 32.9. The average molecular weight is 611 g/mol. The number of aliphatic hydroxyl groups excluding tert-OH is 6. The Bertz CT molecular complexity index is 1290.